The molecule has 5 aromatic rings. The molecule has 0 unspecified atom stereocenters. The Morgan fingerprint density at radius 2 is 1.80 bits per heavy atom. The second kappa shape index (κ2) is 9.47. The van der Waals surface area contributed by atoms with Gasteiger partial charge in [0.15, 0.2) is 4.34 Å². The third-order valence-corrected chi connectivity index (χ3v) is 7.72. The van der Waals surface area contributed by atoms with Gasteiger partial charge >= 0.3 is 0 Å². The maximum atomic E-state index is 13.2. The minimum Gasteiger partial charge on any atom is -0.272 e. The summed E-state index contributed by atoms with van der Waals surface area (Å²) in [6.45, 7) is 5.63. The molecule has 3 heterocycles. The molecule has 0 saturated heterocycles. The third kappa shape index (κ3) is 4.50. The standard InChI is InChI=1S/C25H22N6O2S2/c1-15-12-18(13-26-29-23(32)14-34-25-28-21-10-6-7-11-22(21)35-25)16(2)30(15)31-17(3)27-20-9-5-4-8-19(20)24(31)33/h4-13H,14H2,1-3H3,(H,29,32). The van der Waals surface area contributed by atoms with E-state index in [0.717, 1.165) is 31.5 Å². The highest BCUT2D eigenvalue weighted by Gasteiger charge is 2.15. The summed E-state index contributed by atoms with van der Waals surface area (Å²) >= 11 is 2.95. The number of nitrogens with zero attached hydrogens (tertiary/aromatic N) is 5. The first-order chi connectivity index (χ1) is 16.9. The lowest BCUT2D eigenvalue weighted by atomic mass is 10.2. The fourth-order valence-electron chi connectivity index (χ4n) is 3.93. The molecule has 1 N–H and O–H groups in total. The number of carbonyl (C=O) groups excluding carboxylic acids is 1. The van der Waals surface area contributed by atoms with E-state index in [2.05, 4.69) is 20.5 Å². The number of hydrazone groups is 1. The van der Waals surface area contributed by atoms with Crippen molar-refractivity contribution in [3.05, 3.63) is 87.7 Å². The zero-order valence-corrected chi connectivity index (χ0v) is 21.0. The summed E-state index contributed by atoms with van der Waals surface area (Å²) in [6, 6.07) is 17.1. The van der Waals surface area contributed by atoms with Gasteiger partial charge in [-0.25, -0.2) is 15.4 Å². The van der Waals surface area contributed by atoms with Gasteiger partial charge in [0.1, 0.15) is 5.82 Å². The molecule has 0 bridgehead atoms. The fraction of sp³-hybridized carbons (Fsp3) is 0.160. The molecule has 0 saturated carbocycles. The van der Waals surface area contributed by atoms with E-state index in [0.29, 0.717) is 16.7 Å². The fourth-order valence-corrected chi connectivity index (χ4v) is 5.79. The molecule has 0 aliphatic carbocycles. The van der Waals surface area contributed by atoms with Crippen LogP contribution < -0.4 is 11.0 Å². The Morgan fingerprint density at radius 1 is 1.06 bits per heavy atom. The second-order valence-corrected chi connectivity index (χ2v) is 10.2. The van der Waals surface area contributed by atoms with Crippen molar-refractivity contribution < 1.29 is 4.79 Å². The molecule has 0 spiro atoms. The van der Waals surface area contributed by atoms with Crippen molar-refractivity contribution in [1.29, 1.82) is 0 Å². The van der Waals surface area contributed by atoms with Crippen LogP contribution in [-0.4, -0.2) is 37.2 Å². The number of nitrogens with one attached hydrogen (secondary N) is 1. The number of para-hydroxylation sites is 2. The van der Waals surface area contributed by atoms with Gasteiger partial charge < -0.3 is 0 Å². The summed E-state index contributed by atoms with van der Waals surface area (Å²) in [4.78, 5) is 34.6. The lowest BCUT2D eigenvalue weighted by molar-refractivity contribution is -0.118. The normalized spacial score (nSPS) is 11.6. The number of thiazole rings is 1. The Kier molecular flexibility index (Phi) is 6.23. The highest BCUT2D eigenvalue weighted by Crippen LogP contribution is 2.29. The zero-order chi connectivity index (χ0) is 24.5. The van der Waals surface area contributed by atoms with Gasteiger partial charge in [-0.1, -0.05) is 36.0 Å². The average molecular weight is 503 g/mol. The Morgan fingerprint density at radius 3 is 2.60 bits per heavy atom. The zero-order valence-electron chi connectivity index (χ0n) is 19.3. The number of benzene rings is 2. The van der Waals surface area contributed by atoms with E-state index in [9.17, 15) is 9.59 Å². The van der Waals surface area contributed by atoms with Crippen molar-refractivity contribution in [2.24, 2.45) is 5.10 Å². The van der Waals surface area contributed by atoms with Gasteiger partial charge in [0.25, 0.3) is 11.5 Å². The van der Waals surface area contributed by atoms with Crippen molar-refractivity contribution in [3.8, 4) is 0 Å². The predicted molar refractivity (Wildman–Crippen MR) is 142 cm³/mol. The second-order valence-electron chi connectivity index (χ2n) is 7.96. The highest BCUT2D eigenvalue weighted by atomic mass is 32.2. The molecule has 1 amide bonds. The number of hydrogen-bond acceptors (Lipinski definition) is 7. The summed E-state index contributed by atoms with van der Waals surface area (Å²) < 4.78 is 5.33. The van der Waals surface area contributed by atoms with E-state index in [1.165, 1.54) is 11.8 Å². The van der Waals surface area contributed by atoms with Crippen LogP contribution in [0.1, 0.15) is 22.8 Å². The minimum absolute atomic E-state index is 0.140. The summed E-state index contributed by atoms with van der Waals surface area (Å²) in [5, 5.41) is 4.68. The van der Waals surface area contributed by atoms with Crippen LogP contribution in [0.4, 0.5) is 0 Å². The Bertz CT molecular complexity index is 1630. The maximum absolute atomic E-state index is 13.2. The van der Waals surface area contributed by atoms with Crippen LogP contribution in [0, 0.1) is 20.8 Å². The summed E-state index contributed by atoms with van der Waals surface area (Å²) in [5.74, 6) is 0.581. The van der Waals surface area contributed by atoms with Gasteiger partial charge in [-0.3, -0.25) is 14.3 Å². The first-order valence-electron chi connectivity index (χ1n) is 10.9. The van der Waals surface area contributed by atoms with Crippen molar-refractivity contribution >= 4 is 56.3 Å². The molecule has 5 rings (SSSR count). The molecule has 0 radical (unpaired) electrons. The number of carbonyl (C=O) groups is 1. The molecule has 3 aromatic heterocycles. The van der Waals surface area contributed by atoms with Crippen LogP contribution in [0.3, 0.4) is 0 Å². The van der Waals surface area contributed by atoms with E-state index in [1.807, 2.05) is 74.0 Å². The number of hydrogen-bond donors (Lipinski definition) is 1. The molecular weight excluding hydrogens is 480 g/mol. The van der Waals surface area contributed by atoms with E-state index < -0.39 is 0 Å². The molecular formula is C25H22N6O2S2. The number of aryl methyl sites for hydroxylation is 2. The molecule has 35 heavy (non-hydrogen) atoms. The molecule has 0 atom stereocenters. The van der Waals surface area contributed by atoms with Crippen LogP contribution in [0.2, 0.25) is 0 Å². The Balaban J connectivity index is 1.31. The van der Waals surface area contributed by atoms with E-state index in [-0.39, 0.29) is 17.2 Å². The smallest absolute Gasteiger partial charge is 0.272 e. The molecule has 0 aliphatic heterocycles. The van der Waals surface area contributed by atoms with Crippen LogP contribution in [0.15, 0.2) is 68.8 Å². The lowest BCUT2D eigenvalue weighted by Gasteiger charge is -2.16. The SMILES string of the molecule is Cc1cc(C=NNC(=O)CSc2nc3ccccc3s2)c(C)n1-n1c(C)nc2ccccc2c1=O. The van der Waals surface area contributed by atoms with Crippen molar-refractivity contribution in [2.45, 2.75) is 25.1 Å². The third-order valence-electron chi connectivity index (χ3n) is 5.54. The van der Waals surface area contributed by atoms with Gasteiger partial charge in [0, 0.05) is 17.0 Å². The highest BCUT2D eigenvalue weighted by molar-refractivity contribution is 8.01. The Labute approximate surface area is 209 Å². The quantitative estimate of drug-likeness (QED) is 0.212. The minimum atomic E-state index is -0.217. The summed E-state index contributed by atoms with van der Waals surface area (Å²) in [5.41, 5.74) is 6.49. The van der Waals surface area contributed by atoms with Gasteiger partial charge in [0.05, 0.1) is 33.1 Å². The number of thioether (sulfide) groups is 1. The molecule has 0 fully saturated rings. The van der Waals surface area contributed by atoms with Crippen molar-refractivity contribution in [3.63, 3.8) is 0 Å². The molecule has 8 nitrogen and oxygen atoms in total. The van der Waals surface area contributed by atoms with Gasteiger partial charge in [-0.2, -0.15) is 9.78 Å². The van der Waals surface area contributed by atoms with E-state index in [4.69, 9.17) is 0 Å². The van der Waals surface area contributed by atoms with Crippen LogP contribution in [0.5, 0.6) is 0 Å². The van der Waals surface area contributed by atoms with E-state index >= 15 is 0 Å². The first-order valence-corrected chi connectivity index (χ1v) is 12.7. The molecule has 2 aromatic carbocycles. The molecule has 0 aliphatic rings. The van der Waals surface area contributed by atoms with Gasteiger partial charge in [-0.05, 0) is 51.1 Å². The van der Waals surface area contributed by atoms with E-state index in [1.54, 1.807) is 28.3 Å². The number of amides is 1. The molecule has 176 valence electrons. The average Bonchev–Trinajstić information content (AvgIpc) is 3.38. The Hall–Kier alpha value is -3.76. The molecule has 10 heteroatoms. The van der Waals surface area contributed by atoms with Crippen LogP contribution >= 0.6 is 23.1 Å². The monoisotopic (exact) mass is 502 g/mol. The predicted octanol–water partition coefficient (Wildman–Crippen LogP) is 4.29. The number of rotatable bonds is 6. The van der Waals surface area contributed by atoms with Gasteiger partial charge in [0.2, 0.25) is 0 Å². The first kappa shape index (κ1) is 23.0. The van der Waals surface area contributed by atoms with Crippen LogP contribution in [0.25, 0.3) is 21.1 Å². The number of fused-ring (bicyclic) bond motifs is 2. The van der Waals surface area contributed by atoms with Gasteiger partial charge in [-0.15, -0.1) is 11.3 Å². The van der Waals surface area contributed by atoms with Crippen molar-refractivity contribution in [2.75, 3.05) is 5.75 Å². The van der Waals surface area contributed by atoms with Crippen molar-refractivity contribution in [1.82, 2.24) is 24.7 Å². The summed E-state index contributed by atoms with van der Waals surface area (Å²) in [6.07, 6.45) is 1.59. The lowest BCUT2D eigenvalue weighted by Crippen LogP contribution is -2.30. The van der Waals surface area contributed by atoms with Crippen LogP contribution in [-0.2, 0) is 4.79 Å². The topological polar surface area (TPSA) is 94.2 Å². The summed E-state index contributed by atoms with van der Waals surface area (Å²) in [7, 11) is 0. The number of aromatic nitrogens is 4. The maximum Gasteiger partial charge on any atom is 0.280 e. The largest absolute Gasteiger partial charge is 0.280 e.